The second kappa shape index (κ2) is 8.30. The van der Waals surface area contributed by atoms with Crippen LogP contribution in [0.4, 0.5) is 10.8 Å². The first kappa shape index (κ1) is 19.0. The molecule has 0 spiro atoms. The average molecular weight is 400 g/mol. The molecule has 0 bridgehead atoms. The van der Waals surface area contributed by atoms with Gasteiger partial charge in [0, 0.05) is 17.5 Å². The average Bonchev–Trinajstić information content (AvgIpc) is 3.04. The van der Waals surface area contributed by atoms with E-state index in [1.165, 1.54) is 11.3 Å². The first-order chi connectivity index (χ1) is 13.0. The number of hydrogen-bond donors (Lipinski definition) is 3. The predicted molar refractivity (Wildman–Crippen MR) is 112 cm³/mol. The fourth-order valence-corrected chi connectivity index (χ4v) is 3.54. The Bertz CT molecular complexity index is 987. The van der Waals surface area contributed by atoms with Crippen molar-refractivity contribution in [3.63, 3.8) is 0 Å². The highest BCUT2D eigenvalue weighted by Gasteiger charge is 2.14. The van der Waals surface area contributed by atoms with Crippen LogP contribution in [0.1, 0.15) is 11.3 Å². The van der Waals surface area contributed by atoms with Gasteiger partial charge in [-0.2, -0.15) is 0 Å². The van der Waals surface area contributed by atoms with Gasteiger partial charge in [0.1, 0.15) is 0 Å². The van der Waals surface area contributed by atoms with Crippen LogP contribution in [0.2, 0.25) is 5.15 Å². The zero-order chi connectivity index (χ0) is 19.4. The summed E-state index contributed by atoms with van der Waals surface area (Å²) in [5, 5.41) is 6.72. The summed E-state index contributed by atoms with van der Waals surface area (Å²) < 4.78 is 0. The maximum absolute atomic E-state index is 11.5. The van der Waals surface area contributed by atoms with Gasteiger partial charge in [-0.05, 0) is 18.6 Å². The fraction of sp³-hybridized carbons (Fsp3) is 0.105. The van der Waals surface area contributed by atoms with Crippen LogP contribution < -0.4 is 16.4 Å². The largest absolute Gasteiger partial charge is 0.353 e. The van der Waals surface area contributed by atoms with Crippen LogP contribution in [-0.2, 0) is 4.79 Å². The van der Waals surface area contributed by atoms with E-state index in [2.05, 4.69) is 27.2 Å². The number of pyridine rings is 1. The van der Waals surface area contributed by atoms with Gasteiger partial charge in [0.25, 0.3) is 0 Å². The van der Waals surface area contributed by atoms with Crippen molar-refractivity contribution in [2.45, 2.75) is 6.92 Å². The number of aromatic nitrogens is 2. The summed E-state index contributed by atoms with van der Waals surface area (Å²) >= 11 is 7.60. The highest BCUT2D eigenvalue weighted by atomic mass is 35.5. The minimum Gasteiger partial charge on any atom is -0.353 e. The zero-order valence-electron chi connectivity index (χ0n) is 14.6. The van der Waals surface area contributed by atoms with Crippen molar-refractivity contribution in [3.8, 4) is 10.4 Å². The third-order valence-electron chi connectivity index (χ3n) is 3.74. The lowest BCUT2D eigenvalue weighted by atomic mass is 10.1. The molecule has 3 aromatic rings. The summed E-state index contributed by atoms with van der Waals surface area (Å²) in [5.41, 5.74) is 9.27. The van der Waals surface area contributed by atoms with E-state index in [-0.39, 0.29) is 12.5 Å². The molecular formula is C19H18ClN5OS. The molecular weight excluding hydrogens is 382 g/mol. The minimum absolute atomic E-state index is 0.0911. The lowest BCUT2D eigenvalue weighted by molar-refractivity contribution is -0.114. The first-order valence-corrected chi connectivity index (χ1v) is 9.32. The third-order valence-corrected chi connectivity index (χ3v) is 5.16. The number of nitrogens with two attached hydrogens (primary N) is 1. The summed E-state index contributed by atoms with van der Waals surface area (Å²) in [4.78, 5) is 21.0. The van der Waals surface area contributed by atoms with E-state index in [1.54, 1.807) is 6.20 Å². The van der Waals surface area contributed by atoms with E-state index in [1.807, 2.05) is 43.3 Å². The number of aryl methyl sites for hydroxylation is 1. The lowest BCUT2D eigenvalue weighted by Crippen LogP contribution is -2.21. The van der Waals surface area contributed by atoms with E-state index in [9.17, 15) is 4.79 Å². The number of nitrogens with zero attached hydrogens (tertiary/aromatic N) is 2. The normalized spacial score (nSPS) is 10.5. The Kier molecular flexibility index (Phi) is 5.85. The number of halogens is 1. The van der Waals surface area contributed by atoms with Gasteiger partial charge in [-0.25, -0.2) is 9.97 Å². The first-order valence-electron chi connectivity index (χ1n) is 8.12. The van der Waals surface area contributed by atoms with Crippen molar-refractivity contribution >= 4 is 45.4 Å². The Hall–Kier alpha value is -2.74. The van der Waals surface area contributed by atoms with Gasteiger partial charge in [0.2, 0.25) is 5.91 Å². The molecule has 1 amide bonds. The van der Waals surface area contributed by atoms with E-state index in [4.69, 9.17) is 17.3 Å². The van der Waals surface area contributed by atoms with Gasteiger partial charge >= 0.3 is 0 Å². The predicted octanol–water partition coefficient (Wildman–Crippen LogP) is 4.15. The number of hydrogen-bond acceptors (Lipinski definition) is 6. The van der Waals surface area contributed by atoms with E-state index >= 15 is 0 Å². The van der Waals surface area contributed by atoms with Crippen LogP contribution in [-0.4, -0.2) is 22.4 Å². The van der Waals surface area contributed by atoms with Crippen LogP contribution in [0.25, 0.3) is 16.1 Å². The molecule has 0 fully saturated rings. The molecule has 2 heterocycles. The molecule has 1 aromatic carbocycles. The molecule has 0 saturated carbocycles. The molecule has 3 rings (SSSR count). The smallest absolute Gasteiger partial charge is 0.239 e. The van der Waals surface area contributed by atoms with Gasteiger partial charge in [0.05, 0.1) is 22.8 Å². The van der Waals surface area contributed by atoms with Gasteiger partial charge in [-0.3, -0.25) is 4.79 Å². The van der Waals surface area contributed by atoms with Gasteiger partial charge < -0.3 is 16.4 Å². The molecule has 138 valence electrons. The molecule has 0 aliphatic heterocycles. The maximum Gasteiger partial charge on any atom is 0.239 e. The summed E-state index contributed by atoms with van der Waals surface area (Å²) in [7, 11) is 0. The molecule has 2 aromatic heterocycles. The maximum atomic E-state index is 11.5. The Balaban J connectivity index is 1.87. The zero-order valence-corrected chi connectivity index (χ0v) is 16.2. The summed E-state index contributed by atoms with van der Waals surface area (Å²) in [6.07, 6.45) is 1.67. The van der Waals surface area contributed by atoms with Crippen molar-refractivity contribution in [1.82, 2.24) is 9.97 Å². The lowest BCUT2D eigenvalue weighted by Gasteiger charge is -2.12. The molecule has 0 aliphatic carbocycles. The molecule has 0 atom stereocenters. The van der Waals surface area contributed by atoms with E-state index in [0.717, 1.165) is 21.7 Å². The number of nitrogens with one attached hydrogen (secondary N) is 2. The van der Waals surface area contributed by atoms with Crippen molar-refractivity contribution < 1.29 is 4.79 Å². The third kappa shape index (κ3) is 4.51. The molecule has 27 heavy (non-hydrogen) atoms. The molecule has 0 saturated heterocycles. The Morgan fingerprint density at radius 1 is 1.30 bits per heavy atom. The van der Waals surface area contributed by atoms with Gasteiger partial charge in [0.15, 0.2) is 10.3 Å². The Morgan fingerprint density at radius 2 is 2.04 bits per heavy atom. The summed E-state index contributed by atoms with van der Waals surface area (Å²) in [6.45, 7) is 5.84. The molecule has 8 heteroatoms. The molecule has 6 nitrogen and oxygen atoms in total. The highest BCUT2D eigenvalue weighted by Crippen LogP contribution is 2.35. The van der Waals surface area contributed by atoms with E-state index in [0.29, 0.717) is 21.7 Å². The number of carbonyl (C=O) groups excluding carboxylic acids is 1. The van der Waals surface area contributed by atoms with Gasteiger partial charge in [-0.15, -0.1) is 0 Å². The van der Waals surface area contributed by atoms with Crippen LogP contribution in [0.5, 0.6) is 0 Å². The van der Waals surface area contributed by atoms with E-state index < -0.39 is 0 Å². The van der Waals surface area contributed by atoms with Gasteiger partial charge in [-0.1, -0.05) is 59.8 Å². The molecule has 4 N–H and O–H groups in total. The molecule has 0 radical (unpaired) electrons. The van der Waals surface area contributed by atoms with Crippen LogP contribution >= 0.6 is 22.9 Å². The summed E-state index contributed by atoms with van der Waals surface area (Å²) in [6, 6.07) is 11.6. The minimum atomic E-state index is -0.286. The van der Waals surface area contributed by atoms with Crippen molar-refractivity contribution in [2.24, 2.45) is 5.73 Å². The second-order valence-electron chi connectivity index (χ2n) is 5.72. The van der Waals surface area contributed by atoms with Crippen molar-refractivity contribution in [2.75, 3.05) is 17.2 Å². The second-order valence-corrected chi connectivity index (χ2v) is 7.07. The molecule has 0 unspecified atom stereocenters. The fourth-order valence-electron chi connectivity index (χ4n) is 2.42. The summed E-state index contributed by atoms with van der Waals surface area (Å²) in [5.74, 6) is -0.286. The Morgan fingerprint density at radius 3 is 2.74 bits per heavy atom. The van der Waals surface area contributed by atoms with Crippen molar-refractivity contribution in [1.29, 1.82) is 0 Å². The Labute approximate surface area is 166 Å². The van der Waals surface area contributed by atoms with Crippen LogP contribution in [0, 0.1) is 6.92 Å². The monoisotopic (exact) mass is 399 g/mol. The SMILES string of the molecule is C=C(Nc1cc(-c2sc(NC(=O)CN)nc2C)cnc1Cl)c1ccccc1. The topological polar surface area (TPSA) is 92.9 Å². The molecule has 0 aliphatic rings. The van der Waals surface area contributed by atoms with Crippen LogP contribution in [0.3, 0.4) is 0 Å². The highest BCUT2D eigenvalue weighted by molar-refractivity contribution is 7.19. The number of carbonyl (C=O) groups is 1. The standard InChI is InChI=1S/C19H18ClN5OS/c1-11(13-6-4-3-5-7-13)23-15-8-14(10-22-18(15)20)17-12(2)24-19(27-17)25-16(26)9-21/h3-8,10,23H,1,9,21H2,2H3,(H,24,25,26). The number of amides is 1. The number of benzene rings is 1. The van der Waals surface area contributed by atoms with Crippen LogP contribution in [0.15, 0.2) is 49.2 Å². The quantitative estimate of drug-likeness (QED) is 0.541. The van der Waals surface area contributed by atoms with Crippen molar-refractivity contribution in [3.05, 3.63) is 65.6 Å². The number of thiazole rings is 1. The number of anilines is 2. The number of rotatable bonds is 6.